The molecule has 7 nitrogen and oxygen atoms in total. The SMILES string of the molecule is CC1(O)CCC(NC(=O)c2nc(-n3ccnc3)nc3c2CCC3)CC1. The van der Waals surface area contributed by atoms with Crippen LogP contribution in [0, 0.1) is 0 Å². The lowest BCUT2D eigenvalue weighted by atomic mass is 9.83. The number of amides is 1. The van der Waals surface area contributed by atoms with Crippen molar-refractivity contribution < 1.29 is 9.90 Å². The quantitative estimate of drug-likeness (QED) is 0.884. The van der Waals surface area contributed by atoms with Crippen molar-refractivity contribution in [1.29, 1.82) is 0 Å². The molecule has 7 heteroatoms. The molecule has 0 atom stereocenters. The lowest BCUT2D eigenvalue weighted by molar-refractivity contribution is 0.0140. The van der Waals surface area contributed by atoms with Crippen molar-refractivity contribution in [3.8, 4) is 5.95 Å². The largest absolute Gasteiger partial charge is 0.390 e. The number of fused-ring (bicyclic) bond motifs is 1. The van der Waals surface area contributed by atoms with E-state index in [1.807, 2.05) is 6.92 Å². The summed E-state index contributed by atoms with van der Waals surface area (Å²) < 4.78 is 1.73. The third kappa shape index (κ3) is 3.28. The van der Waals surface area contributed by atoms with Crippen LogP contribution in [0.4, 0.5) is 0 Å². The number of hydrogen-bond acceptors (Lipinski definition) is 5. The van der Waals surface area contributed by atoms with Crippen LogP contribution in [-0.2, 0) is 12.8 Å². The van der Waals surface area contributed by atoms with E-state index >= 15 is 0 Å². The second kappa shape index (κ2) is 6.22. The van der Waals surface area contributed by atoms with Gasteiger partial charge in [0.1, 0.15) is 12.0 Å². The Kier molecular flexibility index (Phi) is 4.03. The summed E-state index contributed by atoms with van der Waals surface area (Å²) in [6.07, 6.45) is 10.8. The molecule has 0 spiro atoms. The summed E-state index contributed by atoms with van der Waals surface area (Å²) in [4.78, 5) is 26.0. The molecular weight excluding hydrogens is 318 g/mol. The van der Waals surface area contributed by atoms with Crippen molar-refractivity contribution >= 4 is 5.91 Å². The molecule has 0 aromatic carbocycles. The number of nitrogens with one attached hydrogen (secondary N) is 1. The topological polar surface area (TPSA) is 92.9 Å². The molecule has 0 radical (unpaired) electrons. The Morgan fingerprint density at radius 3 is 2.84 bits per heavy atom. The van der Waals surface area contributed by atoms with E-state index in [9.17, 15) is 9.90 Å². The average molecular weight is 341 g/mol. The molecule has 0 unspecified atom stereocenters. The Labute approximate surface area is 146 Å². The number of hydrogen-bond donors (Lipinski definition) is 2. The van der Waals surface area contributed by atoms with Gasteiger partial charge in [-0.15, -0.1) is 0 Å². The smallest absolute Gasteiger partial charge is 0.270 e. The first-order chi connectivity index (χ1) is 12.0. The standard InChI is InChI=1S/C18H23N5O2/c1-18(25)7-5-12(6-8-18)20-16(24)15-13-3-2-4-14(13)21-17(22-15)23-10-9-19-11-23/h9-12,25H,2-8H2,1H3,(H,20,24). The van der Waals surface area contributed by atoms with E-state index in [0.29, 0.717) is 24.5 Å². The lowest BCUT2D eigenvalue weighted by Crippen LogP contribution is -2.42. The number of aryl methyl sites for hydroxylation is 1. The number of aromatic nitrogens is 4. The van der Waals surface area contributed by atoms with Crippen LogP contribution in [0.5, 0.6) is 0 Å². The highest BCUT2D eigenvalue weighted by Crippen LogP contribution is 2.28. The fraction of sp³-hybridized carbons (Fsp3) is 0.556. The molecule has 2 N–H and O–H groups in total. The van der Waals surface area contributed by atoms with Crippen LogP contribution in [0.1, 0.15) is 60.8 Å². The molecule has 1 fully saturated rings. The number of carbonyl (C=O) groups excluding carboxylic acids is 1. The molecule has 1 saturated carbocycles. The van der Waals surface area contributed by atoms with Gasteiger partial charge in [-0.3, -0.25) is 9.36 Å². The summed E-state index contributed by atoms with van der Waals surface area (Å²) in [6, 6.07) is 0.0939. The van der Waals surface area contributed by atoms with E-state index in [1.165, 1.54) is 0 Å². The number of nitrogens with zero attached hydrogens (tertiary/aromatic N) is 4. The number of imidazole rings is 1. The van der Waals surface area contributed by atoms with Crippen molar-refractivity contribution in [2.45, 2.75) is 63.5 Å². The molecule has 2 aliphatic rings. The molecule has 2 aliphatic carbocycles. The number of rotatable bonds is 3. The fourth-order valence-corrected chi connectivity index (χ4v) is 3.74. The summed E-state index contributed by atoms with van der Waals surface area (Å²) in [5.74, 6) is 0.364. The van der Waals surface area contributed by atoms with Crippen LogP contribution in [0.2, 0.25) is 0 Å². The Balaban J connectivity index is 1.58. The van der Waals surface area contributed by atoms with Gasteiger partial charge in [-0.05, 0) is 51.9 Å². The fourth-order valence-electron chi connectivity index (χ4n) is 3.74. The lowest BCUT2D eigenvalue weighted by Gasteiger charge is -2.33. The zero-order valence-electron chi connectivity index (χ0n) is 14.4. The van der Waals surface area contributed by atoms with Gasteiger partial charge in [-0.1, -0.05) is 0 Å². The maximum Gasteiger partial charge on any atom is 0.270 e. The summed E-state index contributed by atoms with van der Waals surface area (Å²) in [5, 5.41) is 13.2. The van der Waals surface area contributed by atoms with Crippen LogP contribution in [0.25, 0.3) is 5.95 Å². The second-order valence-electron chi connectivity index (χ2n) is 7.37. The van der Waals surface area contributed by atoms with Gasteiger partial charge in [-0.25, -0.2) is 15.0 Å². The summed E-state index contributed by atoms with van der Waals surface area (Å²) in [6.45, 7) is 1.86. The van der Waals surface area contributed by atoms with Gasteiger partial charge < -0.3 is 10.4 Å². The van der Waals surface area contributed by atoms with Gasteiger partial charge in [0.2, 0.25) is 5.95 Å². The molecule has 4 rings (SSSR count). The maximum absolute atomic E-state index is 12.9. The summed E-state index contributed by atoms with van der Waals surface area (Å²) in [5.41, 5.74) is 1.83. The Morgan fingerprint density at radius 2 is 2.12 bits per heavy atom. The Hall–Kier alpha value is -2.28. The zero-order chi connectivity index (χ0) is 17.4. The van der Waals surface area contributed by atoms with Gasteiger partial charge in [-0.2, -0.15) is 0 Å². The minimum Gasteiger partial charge on any atom is -0.390 e. The molecule has 1 amide bonds. The molecule has 0 bridgehead atoms. The predicted octanol–water partition coefficient (Wildman–Crippen LogP) is 1.57. The number of carbonyl (C=O) groups is 1. The first kappa shape index (κ1) is 16.2. The molecular formula is C18H23N5O2. The zero-order valence-corrected chi connectivity index (χ0v) is 14.4. The van der Waals surface area contributed by atoms with E-state index in [1.54, 1.807) is 23.3 Å². The summed E-state index contributed by atoms with van der Waals surface area (Å²) >= 11 is 0. The molecule has 132 valence electrons. The molecule has 25 heavy (non-hydrogen) atoms. The van der Waals surface area contributed by atoms with E-state index in [4.69, 9.17) is 0 Å². The van der Waals surface area contributed by atoms with Crippen LogP contribution in [0.15, 0.2) is 18.7 Å². The highest BCUT2D eigenvalue weighted by atomic mass is 16.3. The molecule has 2 aromatic rings. The molecule has 2 aromatic heterocycles. The monoisotopic (exact) mass is 341 g/mol. The molecule has 0 saturated heterocycles. The van der Waals surface area contributed by atoms with Crippen molar-refractivity contribution in [3.63, 3.8) is 0 Å². The maximum atomic E-state index is 12.9. The van der Waals surface area contributed by atoms with Crippen molar-refractivity contribution in [2.24, 2.45) is 0 Å². The predicted molar refractivity (Wildman–Crippen MR) is 91.5 cm³/mol. The Morgan fingerprint density at radius 1 is 1.32 bits per heavy atom. The first-order valence-electron chi connectivity index (χ1n) is 8.93. The third-order valence-corrected chi connectivity index (χ3v) is 5.27. The second-order valence-corrected chi connectivity index (χ2v) is 7.37. The van der Waals surface area contributed by atoms with Crippen molar-refractivity contribution in [1.82, 2.24) is 24.8 Å². The highest BCUT2D eigenvalue weighted by Gasteiger charge is 2.31. The van der Waals surface area contributed by atoms with E-state index in [0.717, 1.165) is 43.4 Å². The van der Waals surface area contributed by atoms with Crippen molar-refractivity contribution in [2.75, 3.05) is 0 Å². The van der Waals surface area contributed by atoms with E-state index in [2.05, 4.69) is 20.3 Å². The van der Waals surface area contributed by atoms with Gasteiger partial charge in [0.25, 0.3) is 5.91 Å². The van der Waals surface area contributed by atoms with Gasteiger partial charge >= 0.3 is 0 Å². The molecule has 0 aliphatic heterocycles. The van der Waals surface area contributed by atoms with Gasteiger partial charge in [0.15, 0.2) is 0 Å². The summed E-state index contributed by atoms with van der Waals surface area (Å²) in [7, 11) is 0. The Bertz CT molecular complexity index is 775. The van der Waals surface area contributed by atoms with E-state index in [-0.39, 0.29) is 11.9 Å². The van der Waals surface area contributed by atoms with Crippen LogP contribution in [-0.4, -0.2) is 42.2 Å². The minimum absolute atomic E-state index is 0.0939. The van der Waals surface area contributed by atoms with E-state index < -0.39 is 5.60 Å². The van der Waals surface area contributed by atoms with Crippen molar-refractivity contribution in [3.05, 3.63) is 35.7 Å². The minimum atomic E-state index is -0.605. The van der Waals surface area contributed by atoms with Crippen LogP contribution >= 0.6 is 0 Å². The molecule has 2 heterocycles. The first-order valence-corrected chi connectivity index (χ1v) is 8.93. The normalized spacial score (nSPS) is 25.6. The van der Waals surface area contributed by atoms with Crippen LogP contribution < -0.4 is 5.32 Å². The van der Waals surface area contributed by atoms with Gasteiger partial charge in [0.05, 0.1) is 5.60 Å². The van der Waals surface area contributed by atoms with Crippen LogP contribution in [0.3, 0.4) is 0 Å². The third-order valence-electron chi connectivity index (χ3n) is 5.27. The average Bonchev–Trinajstić information content (AvgIpc) is 3.26. The number of aliphatic hydroxyl groups is 1. The van der Waals surface area contributed by atoms with Gasteiger partial charge in [0, 0.05) is 29.7 Å². The highest BCUT2D eigenvalue weighted by molar-refractivity contribution is 5.94.